The zero-order chi connectivity index (χ0) is 12.1. The highest BCUT2D eigenvalue weighted by atomic mass is 16.5. The van der Waals surface area contributed by atoms with Gasteiger partial charge in [0.1, 0.15) is 11.3 Å². The molecule has 0 N–H and O–H groups in total. The van der Waals surface area contributed by atoms with E-state index in [1.807, 2.05) is 6.92 Å². The third kappa shape index (κ3) is 2.39. The van der Waals surface area contributed by atoms with Crippen LogP contribution in [0.2, 0.25) is 0 Å². The predicted octanol–water partition coefficient (Wildman–Crippen LogP) is 1.88. The Kier molecular flexibility index (Phi) is 4.05. The van der Waals surface area contributed by atoms with E-state index in [9.17, 15) is 9.59 Å². The molecule has 0 saturated carbocycles. The minimum absolute atomic E-state index is 0.0161. The van der Waals surface area contributed by atoms with E-state index in [1.165, 1.54) is 6.08 Å². The molecule has 0 aliphatic carbocycles. The molecule has 1 rings (SSSR count). The van der Waals surface area contributed by atoms with Gasteiger partial charge in [-0.15, -0.1) is 0 Å². The molecule has 1 aliphatic heterocycles. The van der Waals surface area contributed by atoms with Gasteiger partial charge in [-0.1, -0.05) is 12.2 Å². The highest BCUT2D eigenvalue weighted by molar-refractivity contribution is 6.25. The van der Waals surface area contributed by atoms with Crippen LogP contribution in [0.5, 0.6) is 0 Å². The Morgan fingerprint density at radius 2 is 2.19 bits per heavy atom. The van der Waals surface area contributed by atoms with Crippen LogP contribution in [-0.4, -0.2) is 18.4 Å². The molecule has 0 saturated heterocycles. The number of rotatable bonds is 3. The van der Waals surface area contributed by atoms with Crippen molar-refractivity contribution in [2.75, 3.05) is 6.61 Å². The van der Waals surface area contributed by atoms with Crippen molar-refractivity contribution in [2.45, 2.75) is 20.8 Å². The molecule has 4 heteroatoms. The fourth-order valence-electron chi connectivity index (χ4n) is 1.28. The third-order valence-electron chi connectivity index (χ3n) is 1.99. The van der Waals surface area contributed by atoms with Gasteiger partial charge in [-0.3, -0.25) is 4.79 Å². The summed E-state index contributed by atoms with van der Waals surface area (Å²) in [5.41, 5.74) is -0.0161. The van der Waals surface area contributed by atoms with E-state index in [0.29, 0.717) is 5.76 Å². The molecule has 1 heterocycles. The Bertz CT molecular complexity index is 399. The molecular weight excluding hydrogens is 208 g/mol. The predicted molar refractivity (Wildman–Crippen MR) is 58.3 cm³/mol. The maximum absolute atomic E-state index is 11.8. The Balaban J connectivity index is 2.92. The van der Waals surface area contributed by atoms with Gasteiger partial charge < -0.3 is 9.47 Å². The van der Waals surface area contributed by atoms with Crippen molar-refractivity contribution < 1.29 is 19.1 Å². The molecule has 0 aromatic carbocycles. The van der Waals surface area contributed by atoms with Crippen molar-refractivity contribution >= 4 is 11.8 Å². The van der Waals surface area contributed by atoms with Gasteiger partial charge >= 0.3 is 5.97 Å². The van der Waals surface area contributed by atoms with Crippen LogP contribution in [0.25, 0.3) is 0 Å². The van der Waals surface area contributed by atoms with Crippen LogP contribution in [0.4, 0.5) is 0 Å². The Hall–Kier alpha value is -1.84. The summed E-state index contributed by atoms with van der Waals surface area (Å²) in [5.74, 6) is -0.610. The Labute approximate surface area is 94.2 Å². The summed E-state index contributed by atoms with van der Waals surface area (Å²) >= 11 is 0. The quantitative estimate of drug-likeness (QED) is 0.415. The van der Waals surface area contributed by atoms with Gasteiger partial charge in [-0.05, 0) is 26.8 Å². The van der Waals surface area contributed by atoms with Gasteiger partial charge in [0.2, 0.25) is 5.78 Å². The lowest BCUT2D eigenvalue weighted by Gasteiger charge is -1.99. The van der Waals surface area contributed by atoms with E-state index in [1.54, 1.807) is 26.0 Å². The molecule has 0 radical (unpaired) electrons. The normalized spacial score (nSPS) is 18.4. The number of carbonyl (C=O) groups excluding carboxylic acids is 2. The highest BCUT2D eigenvalue weighted by Crippen LogP contribution is 2.25. The zero-order valence-corrected chi connectivity index (χ0v) is 9.57. The number of ketones is 1. The average Bonchev–Trinajstić information content (AvgIpc) is 2.51. The van der Waals surface area contributed by atoms with Gasteiger partial charge in [-0.25, -0.2) is 4.79 Å². The monoisotopic (exact) mass is 222 g/mol. The first-order valence-corrected chi connectivity index (χ1v) is 5.05. The second kappa shape index (κ2) is 5.30. The molecule has 16 heavy (non-hydrogen) atoms. The molecule has 0 unspecified atom stereocenters. The summed E-state index contributed by atoms with van der Waals surface area (Å²) in [6, 6.07) is 0. The first kappa shape index (κ1) is 12.2. The highest BCUT2D eigenvalue weighted by Gasteiger charge is 2.33. The largest absolute Gasteiger partial charge is 0.462 e. The maximum atomic E-state index is 11.8. The lowest BCUT2D eigenvalue weighted by atomic mass is 10.1. The summed E-state index contributed by atoms with van der Waals surface area (Å²) in [5, 5.41) is 0. The van der Waals surface area contributed by atoms with Crippen molar-refractivity contribution in [1.29, 1.82) is 0 Å². The topological polar surface area (TPSA) is 52.6 Å². The molecule has 0 bridgehead atoms. The van der Waals surface area contributed by atoms with E-state index in [4.69, 9.17) is 9.47 Å². The molecule has 0 fully saturated rings. The molecule has 0 atom stereocenters. The lowest BCUT2D eigenvalue weighted by Crippen LogP contribution is -2.14. The second-order valence-electron chi connectivity index (χ2n) is 3.14. The van der Waals surface area contributed by atoms with Crippen LogP contribution < -0.4 is 0 Å². The smallest absolute Gasteiger partial charge is 0.345 e. The van der Waals surface area contributed by atoms with Crippen LogP contribution >= 0.6 is 0 Å². The molecule has 0 aromatic rings. The van der Waals surface area contributed by atoms with Crippen molar-refractivity contribution in [1.82, 2.24) is 0 Å². The molecular formula is C12H14O4. The molecule has 0 amide bonds. The minimum atomic E-state index is -0.631. The number of ether oxygens (including phenoxy) is 2. The Morgan fingerprint density at radius 1 is 1.50 bits per heavy atom. The van der Waals surface area contributed by atoms with Gasteiger partial charge in [0.05, 0.1) is 6.61 Å². The number of esters is 1. The van der Waals surface area contributed by atoms with Crippen LogP contribution in [0, 0.1) is 0 Å². The number of carbonyl (C=O) groups is 2. The first-order chi connectivity index (χ1) is 7.61. The number of allylic oxidation sites excluding steroid dienone is 5. The summed E-state index contributed by atoms with van der Waals surface area (Å²) in [7, 11) is 0. The fourth-order valence-corrected chi connectivity index (χ4v) is 1.28. The van der Waals surface area contributed by atoms with Gasteiger partial charge in [0.15, 0.2) is 5.76 Å². The SMILES string of the molecule is CC=CC=C1OC(C)=C(C(=O)OCC)C1=O. The average molecular weight is 222 g/mol. The summed E-state index contributed by atoms with van der Waals surface area (Å²) in [6.07, 6.45) is 4.97. The zero-order valence-electron chi connectivity index (χ0n) is 9.57. The van der Waals surface area contributed by atoms with Gasteiger partial charge in [0, 0.05) is 0 Å². The molecule has 0 aromatic heterocycles. The third-order valence-corrected chi connectivity index (χ3v) is 1.99. The number of hydrogen-bond donors (Lipinski definition) is 0. The Morgan fingerprint density at radius 3 is 2.75 bits per heavy atom. The lowest BCUT2D eigenvalue weighted by molar-refractivity contribution is -0.139. The first-order valence-electron chi connectivity index (χ1n) is 5.05. The fraction of sp³-hybridized carbons (Fsp3) is 0.333. The van der Waals surface area contributed by atoms with E-state index in [-0.39, 0.29) is 17.9 Å². The van der Waals surface area contributed by atoms with Crippen molar-refractivity contribution in [3.8, 4) is 0 Å². The van der Waals surface area contributed by atoms with Crippen LogP contribution in [0.3, 0.4) is 0 Å². The standard InChI is InChI=1S/C12H14O4/c1-4-6-7-9-11(13)10(8(3)16-9)12(14)15-5-2/h4,6-7H,5H2,1-3H3. The maximum Gasteiger partial charge on any atom is 0.345 e. The second-order valence-corrected chi connectivity index (χ2v) is 3.14. The summed E-state index contributed by atoms with van der Waals surface area (Å²) < 4.78 is 9.97. The van der Waals surface area contributed by atoms with Crippen molar-refractivity contribution in [3.63, 3.8) is 0 Å². The van der Waals surface area contributed by atoms with E-state index in [0.717, 1.165) is 0 Å². The van der Waals surface area contributed by atoms with E-state index in [2.05, 4.69) is 0 Å². The van der Waals surface area contributed by atoms with Crippen LogP contribution in [-0.2, 0) is 19.1 Å². The number of Topliss-reactive ketones (excluding diaryl/α,β-unsaturated/α-hetero) is 1. The molecule has 86 valence electrons. The van der Waals surface area contributed by atoms with Gasteiger partial charge in [-0.2, -0.15) is 0 Å². The van der Waals surface area contributed by atoms with E-state index >= 15 is 0 Å². The van der Waals surface area contributed by atoms with Crippen molar-refractivity contribution in [3.05, 3.63) is 35.3 Å². The van der Waals surface area contributed by atoms with Crippen LogP contribution in [0.1, 0.15) is 20.8 Å². The summed E-state index contributed by atoms with van der Waals surface area (Å²) in [4.78, 5) is 23.2. The van der Waals surface area contributed by atoms with E-state index < -0.39 is 11.8 Å². The summed E-state index contributed by atoms with van der Waals surface area (Å²) in [6.45, 7) is 5.31. The number of hydrogen-bond acceptors (Lipinski definition) is 4. The molecule has 4 nitrogen and oxygen atoms in total. The van der Waals surface area contributed by atoms with Gasteiger partial charge in [0.25, 0.3) is 0 Å². The molecule has 1 aliphatic rings. The molecule has 0 spiro atoms. The van der Waals surface area contributed by atoms with Crippen LogP contribution in [0.15, 0.2) is 35.3 Å². The minimum Gasteiger partial charge on any atom is -0.462 e. The van der Waals surface area contributed by atoms with Crippen molar-refractivity contribution in [2.24, 2.45) is 0 Å².